The van der Waals surface area contributed by atoms with Crippen LogP contribution in [0.5, 0.6) is 5.75 Å². The number of amides is 1. The molecule has 0 radical (unpaired) electrons. The van der Waals surface area contributed by atoms with Gasteiger partial charge in [-0.15, -0.1) is 0 Å². The van der Waals surface area contributed by atoms with E-state index in [1.807, 2.05) is 57.2 Å². The van der Waals surface area contributed by atoms with E-state index in [4.69, 9.17) is 0 Å². The van der Waals surface area contributed by atoms with Gasteiger partial charge in [-0.25, -0.2) is 0 Å². The lowest BCUT2D eigenvalue weighted by atomic mass is 9.99. The molecule has 1 amide bonds. The summed E-state index contributed by atoms with van der Waals surface area (Å²) in [5.74, 6) is -0.000451. The molecule has 0 saturated carbocycles. The summed E-state index contributed by atoms with van der Waals surface area (Å²) in [5.41, 5.74) is 2.74. The first-order valence-corrected chi connectivity index (χ1v) is 7.20. The largest absolute Gasteiger partial charge is 0.508 e. The van der Waals surface area contributed by atoms with Crippen molar-refractivity contribution < 1.29 is 9.90 Å². The molecule has 0 heterocycles. The number of hydrogen-bond acceptors (Lipinski definition) is 2. The van der Waals surface area contributed by atoms with Crippen LogP contribution in [0.1, 0.15) is 30.9 Å². The van der Waals surface area contributed by atoms with Gasteiger partial charge in [0.2, 0.25) is 5.91 Å². The van der Waals surface area contributed by atoms with Crippen molar-refractivity contribution in [2.24, 2.45) is 0 Å². The Balaban J connectivity index is 2.33. The summed E-state index contributed by atoms with van der Waals surface area (Å²) < 4.78 is 0. The van der Waals surface area contributed by atoms with Crippen molar-refractivity contribution in [1.29, 1.82) is 0 Å². The van der Waals surface area contributed by atoms with Crippen LogP contribution < -0.4 is 4.90 Å². The van der Waals surface area contributed by atoms with Crippen LogP contribution in [0.2, 0.25) is 0 Å². The Bertz CT molecular complexity index is 622. The van der Waals surface area contributed by atoms with Crippen LogP contribution in [0, 0.1) is 6.92 Å². The minimum absolute atomic E-state index is 0.0393. The molecule has 3 heteroatoms. The van der Waals surface area contributed by atoms with Crippen LogP contribution in [0.3, 0.4) is 0 Å². The third kappa shape index (κ3) is 3.24. The predicted octanol–water partition coefficient (Wildman–Crippen LogP) is 3.86. The van der Waals surface area contributed by atoms with E-state index in [0.29, 0.717) is 6.54 Å². The fourth-order valence-corrected chi connectivity index (χ4v) is 2.45. The van der Waals surface area contributed by atoms with Gasteiger partial charge in [0, 0.05) is 12.6 Å². The maximum absolute atomic E-state index is 12.8. The minimum atomic E-state index is -0.215. The number of carbonyl (C=O) groups excluding carboxylic acids is 1. The lowest BCUT2D eigenvalue weighted by molar-refractivity contribution is -0.119. The van der Waals surface area contributed by atoms with E-state index in [-0.39, 0.29) is 17.6 Å². The zero-order valence-electron chi connectivity index (χ0n) is 12.7. The monoisotopic (exact) mass is 283 g/mol. The van der Waals surface area contributed by atoms with E-state index in [1.54, 1.807) is 17.0 Å². The number of rotatable bonds is 4. The molecule has 1 N–H and O–H groups in total. The van der Waals surface area contributed by atoms with Gasteiger partial charge in [-0.2, -0.15) is 0 Å². The highest BCUT2D eigenvalue weighted by Crippen LogP contribution is 2.28. The highest BCUT2D eigenvalue weighted by molar-refractivity contribution is 5.98. The number of likely N-dealkylation sites (N-methyl/N-ethyl adjacent to an activating group) is 1. The molecule has 0 saturated heterocycles. The zero-order valence-corrected chi connectivity index (χ0v) is 12.7. The van der Waals surface area contributed by atoms with Crippen molar-refractivity contribution in [2.45, 2.75) is 26.7 Å². The second-order valence-electron chi connectivity index (χ2n) is 5.19. The Labute approximate surface area is 125 Å². The molecule has 21 heavy (non-hydrogen) atoms. The first kappa shape index (κ1) is 15.1. The maximum atomic E-state index is 12.8. The van der Waals surface area contributed by atoms with Crippen LogP contribution in [-0.4, -0.2) is 17.6 Å². The summed E-state index contributed by atoms with van der Waals surface area (Å²) in [4.78, 5) is 14.5. The predicted molar refractivity (Wildman–Crippen MR) is 85.7 cm³/mol. The van der Waals surface area contributed by atoms with Crippen LogP contribution in [0.15, 0.2) is 48.5 Å². The maximum Gasteiger partial charge on any atom is 0.234 e. The molecule has 0 aromatic heterocycles. The molecule has 0 aliphatic rings. The highest BCUT2D eigenvalue weighted by Gasteiger charge is 2.23. The Morgan fingerprint density at radius 1 is 1.19 bits per heavy atom. The summed E-state index contributed by atoms with van der Waals surface area (Å²) in [6.45, 7) is 6.37. The molecule has 3 nitrogen and oxygen atoms in total. The van der Waals surface area contributed by atoms with E-state index < -0.39 is 0 Å². The topological polar surface area (TPSA) is 40.5 Å². The van der Waals surface area contributed by atoms with Crippen molar-refractivity contribution >= 4 is 11.6 Å². The van der Waals surface area contributed by atoms with Crippen LogP contribution in [-0.2, 0) is 4.79 Å². The number of nitrogens with zero attached hydrogens (tertiary/aromatic N) is 1. The van der Waals surface area contributed by atoms with E-state index >= 15 is 0 Å². The van der Waals surface area contributed by atoms with Crippen molar-refractivity contribution in [1.82, 2.24) is 0 Å². The molecule has 110 valence electrons. The first-order valence-electron chi connectivity index (χ1n) is 7.20. The van der Waals surface area contributed by atoms with Gasteiger partial charge < -0.3 is 10.0 Å². The summed E-state index contributed by atoms with van der Waals surface area (Å²) in [6, 6.07) is 14.9. The molecule has 2 rings (SSSR count). The molecular weight excluding hydrogens is 262 g/mol. The van der Waals surface area contributed by atoms with E-state index in [2.05, 4.69) is 0 Å². The van der Waals surface area contributed by atoms with Crippen molar-refractivity contribution in [3.63, 3.8) is 0 Å². The Hall–Kier alpha value is -2.29. The molecule has 0 spiro atoms. The molecule has 1 unspecified atom stereocenters. The Morgan fingerprint density at radius 3 is 2.48 bits per heavy atom. The molecule has 0 aliphatic carbocycles. The van der Waals surface area contributed by atoms with Gasteiger partial charge >= 0.3 is 0 Å². The third-order valence-corrected chi connectivity index (χ3v) is 3.74. The Kier molecular flexibility index (Phi) is 4.63. The SMILES string of the molecule is CCN(C(=O)C(C)c1ccccc1)c1cc(O)ccc1C. The molecule has 2 aromatic rings. The van der Waals surface area contributed by atoms with E-state index in [1.165, 1.54) is 0 Å². The Morgan fingerprint density at radius 2 is 1.86 bits per heavy atom. The van der Waals surface area contributed by atoms with Gasteiger partial charge in [0.15, 0.2) is 0 Å². The zero-order chi connectivity index (χ0) is 15.4. The van der Waals surface area contributed by atoms with Gasteiger partial charge in [-0.05, 0) is 38.0 Å². The van der Waals surface area contributed by atoms with E-state index in [0.717, 1.165) is 16.8 Å². The standard InChI is InChI=1S/C18H21NO2/c1-4-19(17-12-16(20)11-10-13(17)2)18(21)14(3)15-8-6-5-7-9-15/h5-12,14,20H,4H2,1-3H3. The lowest BCUT2D eigenvalue weighted by Crippen LogP contribution is -2.34. The highest BCUT2D eigenvalue weighted by atomic mass is 16.3. The number of phenolic OH excluding ortho intramolecular Hbond substituents is 1. The number of aryl methyl sites for hydroxylation is 1. The molecular formula is C18H21NO2. The molecule has 0 fully saturated rings. The average molecular weight is 283 g/mol. The van der Waals surface area contributed by atoms with Gasteiger partial charge in [-0.3, -0.25) is 4.79 Å². The van der Waals surface area contributed by atoms with E-state index in [9.17, 15) is 9.90 Å². The smallest absolute Gasteiger partial charge is 0.234 e. The van der Waals surface area contributed by atoms with Crippen molar-refractivity contribution in [2.75, 3.05) is 11.4 Å². The first-order chi connectivity index (χ1) is 10.0. The van der Waals surface area contributed by atoms with Crippen molar-refractivity contribution in [3.05, 3.63) is 59.7 Å². The van der Waals surface area contributed by atoms with Gasteiger partial charge in [0.1, 0.15) is 5.75 Å². The van der Waals surface area contributed by atoms with Crippen LogP contribution in [0.4, 0.5) is 5.69 Å². The summed E-state index contributed by atoms with van der Waals surface area (Å²) in [5, 5.41) is 9.68. The number of anilines is 1. The number of benzene rings is 2. The fourth-order valence-electron chi connectivity index (χ4n) is 2.45. The second-order valence-corrected chi connectivity index (χ2v) is 5.19. The third-order valence-electron chi connectivity index (χ3n) is 3.74. The quantitative estimate of drug-likeness (QED) is 0.925. The van der Waals surface area contributed by atoms with Crippen LogP contribution >= 0.6 is 0 Å². The van der Waals surface area contributed by atoms with Crippen molar-refractivity contribution in [3.8, 4) is 5.75 Å². The second kappa shape index (κ2) is 6.44. The summed E-state index contributed by atoms with van der Waals surface area (Å²) in [6.07, 6.45) is 0. The number of phenols is 1. The summed E-state index contributed by atoms with van der Waals surface area (Å²) >= 11 is 0. The average Bonchev–Trinajstić information content (AvgIpc) is 2.51. The van der Waals surface area contributed by atoms with Gasteiger partial charge in [-0.1, -0.05) is 36.4 Å². The van der Waals surface area contributed by atoms with Gasteiger partial charge in [0.25, 0.3) is 0 Å². The lowest BCUT2D eigenvalue weighted by Gasteiger charge is -2.26. The molecule has 2 aromatic carbocycles. The van der Waals surface area contributed by atoms with Gasteiger partial charge in [0.05, 0.1) is 11.6 Å². The number of hydrogen-bond donors (Lipinski definition) is 1. The van der Waals surface area contributed by atoms with Crippen LogP contribution in [0.25, 0.3) is 0 Å². The summed E-state index contributed by atoms with van der Waals surface area (Å²) in [7, 11) is 0. The minimum Gasteiger partial charge on any atom is -0.508 e. The molecule has 0 aliphatic heterocycles. The number of carbonyl (C=O) groups is 1. The molecule has 1 atom stereocenters. The fraction of sp³-hybridized carbons (Fsp3) is 0.278. The normalized spacial score (nSPS) is 12.0. The number of aromatic hydroxyl groups is 1. The molecule has 0 bridgehead atoms.